The molecule has 3 rings (SSSR count). The maximum atomic E-state index is 12.3. The standard InChI is InChI=1S/C17H31N5O2S/c1-18-16(19-13-17(24)4-11-25-14-17)22-9-7-20(8-10-22)12-15(23)21-5-2-3-6-21/h24H,2-14H2,1H3,(H,18,19). The molecule has 3 fully saturated rings. The summed E-state index contributed by atoms with van der Waals surface area (Å²) >= 11 is 1.81. The minimum absolute atomic E-state index is 0.273. The third-order valence-corrected chi connectivity index (χ3v) is 6.59. The number of hydrogen-bond donors (Lipinski definition) is 2. The summed E-state index contributed by atoms with van der Waals surface area (Å²) in [5.41, 5.74) is -0.607. The van der Waals surface area contributed by atoms with Crippen molar-refractivity contribution >= 4 is 23.6 Å². The lowest BCUT2D eigenvalue weighted by Gasteiger charge is -2.37. The Morgan fingerprint density at radius 2 is 1.88 bits per heavy atom. The predicted octanol–water partition coefficient (Wildman–Crippen LogP) is -0.330. The van der Waals surface area contributed by atoms with Gasteiger partial charge < -0.3 is 20.2 Å². The van der Waals surface area contributed by atoms with E-state index in [1.807, 2.05) is 4.90 Å². The van der Waals surface area contributed by atoms with Crippen molar-refractivity contribution < 1.29 is 9.90 Å². The molecule has 3 heterocycles. The molecule has 2 N–H and O–H groups in total. The Kier molecular flexibility index (Phi) is 6.46. The fourth-order valence-electron chi connectivity index (χ4n) is 3.69. The largest absolute Gasteiger partial charge is 0.387 e. The summed E-state index contributed by atoms with van der Waals surface area (Å²) < 4.78 is 0. The molecule has 0 saturated carbocycles. The Balaban J connectivity index is 1.41. The van der Waals surface area contributed by atoms with Gasteiger partial charge in [0.1, 0.15) is 0 Å². The second-order valence-electron chi connectivity index (χ2n) is 7.28. The predicted molar refractivity (Wildman–Crippen MR) is 102 cm³/mol. The molecular formula is C17H31N5O2S. The third-order valence-electron chi connectivity index (χ3n) is 5.36. The van der Waals surface area contributed by atoms with Gasteiger partial charge in [0.05, 0.1) is 12.1 Å². The van der Waals surface area contributed by atoms with Crippen molar-refractivity contribution in [3.05, 3.63) is 0 Å². The maximum absolute atomic E-state index is 12.3. The Labute approximate surface area is 154 Å². The number of rotatable bonds is 4. The Bertz CT molecular complexity index is 481. The van der Waals surface area contributed by atoms with Gasteiger partial charge in [-0.15, -0.1) is 0 Å². The van der Waals surface area contributed by atoms with Gasteiger partial charge in [-0.1, -0.05) is 0 Å². The van der Waals surface area contributed by atoms with Gasteiger partial charge in [-0.05, 0) is 25.0 Å². The van der Waals surface area contributed by atoms with Gasteiger partial charge in [0, 0.05) is 58.6 Å². The van der Waals surface area contributed by atoms with Crippen molar-refractivity contribution in [3.63, 3.8) is 0 Å². The molecule has 0 aliphatic carbocycles. The van der Waals surface area contributed by atoms with Crippen molar-refractivity contribution in [1.29, 1.82) is 0 Å². The summed E-state index contributed by atoms with van der Waals surface area (Å²) in [4.78, 5) is 23.1. The van der Waals surface area contributed by atoms with Gasteiger partial charge in [0.2, 0.25) is 5.91 Å². The fourth-order valence-corrected chi connectivity index (χ4v) is 4.98. The van der Waals surface area contributed by atoms with Crippen LogP contribution in [0.15, 0.2) is 4.99 Å². The smallest absolute Gasteiger partial charge is 0.236 e. The molecule has 0 aromatic carbocycles. The van der Waals surface area contributed by atoms with Crippen LogP contribution in [-0.2, 0) is 4.79 Å². The Morgan fingerprint density at radius 1 is 1.16 bits per heavy atom. The van der Waals surface area contributed by atoms with Crippen LogP contribution in [0.5, 0.6) is 0 Å². The quantitative estimate of drug-likeness (QED) is 0.522. The number of aliphatic hydroxyl groups is 1. The molecule has 3 saturated heterocycles. The molecule has 7 nitrogen and oxygen atoms in total. The first-order chi connectivity index (χ1) is 12.1. The van der Waals surface area contributed by atoms with Gasteiger partial charge in [-0.25, -0.2) is 0 Å². The van der Waals surface area contributed by atoms with E-state index in [0.717, 1.165) is 76.0 Å². The van der Waals surface area contributed by atoms with Crippen LogP contribution >= 0.6 is 11.8 Å². The molecule has 0 aromatic rings. The number of guanidine groups is 1. The normalized spacial score (nSPS) is 28.6. The number of carbonyl (C=O) groups is 1. The first-order valence-electron chi connectivity index (χ1n) is 9.35. The highest BCUT2D eigenvalue weighted by molar-refractivity contribution is 7.99. The van der Waals surface area contributed by atoms with Crippen molar-refractivity contribution in [2.45, 2.75) is 24.9 Å². The molecule has 0 bridgehead atoms. The average molecular weight is 370 g/mol. The number of hydrogen-bond acceptors (Lipinski definition) is 5. The number of likely N-dealkylation sites (tertiary alicyclic amines) is 1. The van der Waals surface area contributed by atoms with E-state index in [0.29, 0.717) is 13.1 Å². The molecule has 3 aliphatic heterocycles. The molecule has 25 heavy (non-hydrogen) atoms. The van der Waals surface area contributed by atoms with Crippen LogP contribution in [0.25, 0.3) is 0 Å². The lowest BCUT2D eigenvalue weighted by molar-refractivity contribution is -0.131. The molecular weight excluding hydrogens is 338 g/mol. The molecule has 1 atom stereocenters. The molecule has 0 aromatic heterocycles. The number of carbonyl (C=O) groups excluding carboxylic acids is 1. The van der Waals surface area contributed by atoms with Crippen LogP contribution < -0.4 is 5.32 Å². The maximum Gasteiger partial charge on any atom is 0.236 e. The first-order valence-corrected chi connectivity index (χ1v) is 10.5. The second kappa shape index (κ2) is 8.60. The SMILES string of the molecule is CN=C(NCC1(O)CCSC1)N1CCN(CC(=O)N2CCCC2)CC1. The number of nitrogens with one attached hydrogen (secondary N) is 1. The number of aliphatic imine (C=N–C) groups is 1. The van der Waals surface area contributed by atoms with Gasteiger partial charge >= 0.3 is 0 Å². The zero-order valence-electron chi connectivity index (χ0n) is 15.2. The van der Waals surface area contributed by atoms with Crippen LogP contribution in [0.4, 0.5) is 0 Å². The van der Waals surface area contributed by atoms with Gasteiger partial charge in [-0.2, -0.15) is 11.8 Å². The molecule has 142 valence electrons. The Hall–Kier alpha value is -0.990. The van der Waals surface area contributed by atoms with E-state index in [1.165, 1.54) is 0 Å². The molecule has 0 spiro atoms. The van der Waals surface area contributed by atoms with E-state index >= 15 is 0 Å². The zero-order chi connectivity index (χ0) is 17.7. The van der Waals surface area contributed by atoms with Gasteiger partial charge in [0.15, 0.2) is 5.96 Å². The highest BCUT2D eigenvalue weighted by Gasteiger charge is 2.32. The topological polar surface area (TPSA) is 71.4 Å². The van der Waals surface area contributed by atoms with Crippen molar-refractivity contribution in [2.75, 3.05) is 70.9 Å². The lowest BCUT2D eigenvalue weighted by Crippen LogP contribution is -2.55. The van der Waals surface area contributed by atoms with E-state index in [4.69, 9.17) is 0 Å². The number of piperazine rings is 1. The summed E-state index contributed by atoms with van der Waals surface area (Å²) in [6, 6.07) is 0. The van der Waals surface area contributed by atoms with Crippen molar-refractivity contribution in [3.8, 4) is 0 Å². The van der Waals surface area contributed by atoms with Crippen LogP contribution in [-0.4, -0.2) is 108 Å². The second-order valence-corrected chi connectivity index (χ2v) is 8.38. The van der Waals surface area contributed by atoms with E-state index in [-0.39, 0.29) is 5.91 Å². The van der Waals surface area contributed by atoms with Gasteiger partial charge in [-0.3, -0.25) is 14.7 Å². The summed E-state index contributed by atoms with van der Waals surface area (Å²) in [7, 11) is 1.79. The lowest BCUT2D eigenvalue weighted by atomic mass is 10.0. The highest BCUT2D eigenvalue weighted by Crippen LogP contribution is 2.27. The van der Waals surface area contributed by atoms with E-state index in [1.54, 1.807) is 18.8 Å². The summed E-state index contributed by atoms with van der Waals surface area (Å²) in [5, 5.41) is 13.8. The van der Waals surface area contributed by atoms with Crippen molar-refractivity contribution in [1.82, 2.24) is 20.0 Å². The first kappa shape index (κ1) is 18.8. The minimum Gasteiger partial charge on any atom is -0.387 e. The molecule has 3 aliphatic rings. The number of amides is 1. The van der Waals surface area contributed by atoms with Crippen LogP contribution in [0.2, 0.25) is 0 Å². The summed E-state index contributed by atoms with van der Waals surface area (Å²) in [5.74, 6) is 2.95. The summed E-state index contributed by atoms with van der Waals surface area (Å²) in [6.07, 6.45) is 3.13. The molecule has 8 heteroatoms. The van der Waals surface area contributed by atoms with Crippen LogP contribution in [0.1, 0.15) is 19.3 Å². The number of thioether (sulfide) groups is 1. The van der Waals surface area contributed by atoms with Crippen molar-refractivity contribution in [2.24, 2.45) is 4.99 Å². The minimum atomic E-state index is -0.607. The zero-order valence-corrected chi connectivity index (χ0v) is 16.1. The number of nitrogens with zero attached hydrogens (tertiary/aromatic N) is 4. The molecule has 0 radical (unpaired) electrons. The van der Waals surface area contributed by atoms with E-state index in [9.17, 15) is 9.90 Å². The monoisotopic (exact) mass is 369 g/mol. The van der Waals surface area contributed by atoms with E-state index in [2.05, 4.69) is 20.1 Å². The summed E-state index contributed by atoms with van der Waals surface area (Å²) in [6.45, 7) is 6.42. The highest BCUT2D eigenvalue weighted by atomic mass is 32.2. The molecule has 1 unspecified atom stereocenters. The van der Waals surface area contributed by atoms with E-state index < -0.39 is 5.60 Å². The van der Waals surface area contributed by atoms with Gasteiger partial charge in [0.25, 0.3) is 0 Å². The average Bonchev–Trinajstić information content (AvgIpc) is 3.29. The van der Waals surface area contributed by atoms with Crippen LogP contribution in [0.3, 0.4) is 0 Å². The Morgan fingerprint density at radius 3 is 2.48 bits per heavy atom. The fraction of sp³-hybridized carbons (Fsp3) is 0.882. The molecule has 1 amide bonds. The van der Waals surface area contributed by atoms with Crippen LogP contribution in [0, 0.1) is 0 Å². The third kappa shape index (κ3) is 5.01.